The molecule has 1 aliphatic carbocycles. The number of H-pyrrole nitrogens is 1. The van der Waals surface area contributed by atoms with Gasteiger partial charge in [0.25, 0.3) is 5.56 Å². The number of rotatable bonds is 10. The molecule has 0 radical (unpaired) electrons. The molecule has 42 heavy (non-hydrogen) atoms. The number of aliphatic hydroxyl groups excluding tert-OH is 1. The Kier molecular flexibility index (Phi) is 8.11. The van der Waals surface area contributed by atoms with Crippen LogP contribution >= 0.6 is 0 Å². The Labute approximate surface area is 241 Å². The lowest BCUT2D eigenvalue weighted by atomic mass is 9.92. The Morgan fingerprint density at radius 2 is 1.81 bits per heavy atom. The molecule has 0 aliphatic heterocycles. The third-order valence-electron chi connectivity index (χ3n) is 8.04. The maximum absolute atomic E-state index is 14.2. The molecule has 0 amide bonds. The fraction of sp³-hybridized carbons (Fsp3) is 0.387. The van der Waals surface area contributed by atoms with E-state index < -0.39 is 5.76 Å². The molecule has 0 spiro atoms. The van der Waals surface area contributed by atoms with Crippen molar-refractivity contribution in [3.63, 3.8) is 0 Å². The lowest BCUT2D eigenvalue weighted by Crippen LogP contribution is -2.35. The van der Waals surface area contributed by atoms with Gasteiger partial charge in [0.1, 0.15) is 6.33 Å². The third-order valence-corrected chi connectivity index (χ3v) is 8.04. The Morgan fingerprint density at radius 3 is 2.50 bits per heavy atom. The lowest BCUT2D eigenvalue weighted by Gasteiger charge is -2.30. The third kappa shape index (κ3) is 5.45. The van der Waals surface area contributed by atoms with Crippen LogP contribution in [0.3, 0.4) is 0 Å². The van der Waals surface area contributed by atoms with E-state index in [1.807, 2.05) is 57.6 Å². The molecule has 2 aromatic carbocycles. The number of aromatic nitrogens is 6. The number of aliphatic hydroxyl groups is 1. The quantitative estimate of drug-likeness (QED) is 0.257. The molecule has 5 aromatic rings. The van der Waals surface area contributed by atoms with Gasteiger partial charge in [-0.25, -0.2) is 9.31 Å². The molecule has 3 heterocycles. The van der Waals surface area contributed by atoms with Crippen LogP contribution in [0.2, 0.25) is 0 Å². The second-order valence-corrected chi connectivity index (χ2v) is 10.7. The molecule has 0 unspecified atom stereocenters. The molecule has 1 saturated carbocycles. The largest absolute Gasteiger partial charge is 0.439 e. The molecule has 11 nitrogen and oxygen atoms in total. The summed E-state index contributed by atoms with van der Waals surface area (Å²) in [6.45, 7) is 2.45. The zero-order valence-corrected chi connectivity index (χ0v) is 23.5. The fourth-order valence-corrected chi connectivity index (χ4v) is 6.06. The van der Waals surface area contributed by atoms with Crippen LogP contribution in [0.4, 0.5) is 0 Å². The van der Waals surface area contributed by atoms with Crippen molar-refractivity contribution in [2.24, 2.45) is 0 Å². The summed E-state index contributed by atoms with van der Waals surface area (Å²) in [6.07, 6.45) is 6.95. The van der Waals surface area contributed by atoms with Gasteiger partial charge in [-0.15, -0.1) is 0 Å². The van der Waals surface area contributed by atoms with Crippen molar-refractivity contribution in [3.8, 4) is 22.5 Å². The summed E-state index contributed by atoms with van der Waals surface area (Å²) in [5, 5.41) is 17.5. The Balaban J connectivity index is 1.33. The average molecular weight is 571 g/mol. The van der Waals surface area contributed by atoms with Crippen molar-refractivity contribution in [2.75, 3.05) is 13.2 Å². The van der Waals surface area contributed by atoms with Crippen LogP contribution in [-0.4, -0.2) is 53.7 Å². The summed E-state index contributed by atoms with van der Waals surface area (Å²) in [5.41, 5.74) is 5.26. The van der Waals surface area contributed by atoms with E-state index in [1.54, 1.807) is 0 Å². The van der Waals surface area contributed by atoms with Crippen LogP contribution in [0.1, 0.15) is 61.9 Å². The average Bonchev–Trinajstić information content (AvgIpc) is 3.68. The SMILES string of the molecule is CCCc1c(Cc2ccc(-c3ccccc3-c3noc(=O)[nH]3)cc2)c(=O)n([C@H]2CC[C@H](OCCO)CC2)c2ncnn12. The Morgan fingerprint density at radius 1 is 1.05 bits per heavy atom. The highest BCUT2D eigenvalue weighted by molar-refractivity contribution is 5.80. The number of hydrogen-bond donors (Lipinski definition) is 2. The first kappa shape index (κ1) is 27.8. The van der Waals surface area contributed by atoms with Gasteiger partial charge in [0, 0.05) is 23.6 Å². The van der Waals surface area contributed by atoms with Gasteiger partial charge in [0.2, 0.25) is 5.78 Å². The number of aryl methyl sites for hydroxylation is 1. The van der Waals surface area contributed by atoms with E-state index in [4.69, 9.17) is 14.4 Å². The van der Waals surface area contributed by atoms with Crippen LogP contribution in [0.5, 0.6) is 0 Å². The summed E-state index contributed by atoms with van der Waals surface area (Å²) in [4.78, 5) is 32.9. The van der Waals surface area contributed by atoms with Crippen molar-refractivity contribution in [3.05, 3.63) is 92.6 Å². The molecular weight excluding hydrogens is 536 g/mol. The van der Waals surface area contributed by atoms with E-state index >= 15 is 0 Å². The van der Waals surface area contributed by atoms with Crippen molar-refractivity contribution in [2.45, 2.75) is 64.0 Å². The van der Waals surface area contributed by atoms with Gasteiger partial charge in [0.05, 0.1) is 25.0 Å². The smallest absolute Gasteiger partial charge is 0.394 e. The predicted octanol–water partition coefficient (Wildman–Crippen LogP) is 3.94. The van der Waals surface area contributed by atoms with Crippen molar-refractivity contribution < 1.29 is 14.4 Å². The first-order valence-electron chi connectivity index (χ1n) is 14.5. The van der Waals surface area contributed by atoms with Crippen LogP contribution in [0, 0.1) is 0 Å². The molecule has 1 aliphatic rings. The number of aromatic amines is 1. The zero-order valence-electron chi connectivity index (χ0n) is 23.5. The van der Waals surface area contributed by atoms with Gasteiger partial charge < -0.3 is 9.84 Å². The van der Waals surface area contributed by atoms with E-state index in [9.17, 15) is 9.59 Å². The van der Waals surface area contributed by atoms with E-state index in [0.717, 1.165) is 65.6 Å². The van der Waals surface area contributed by atoms with Crippen molar-refractivity contribution in [1.82, 2.24) is 29.3 Å². The number of fused-ring (bicyclic) bond motifs is 1. The summed E-state index contributed by atoms with van der Waals surface area (Å²) in [7, 11) is 0. The topological polar surface area (TPSA) is 141 Å². The standard InChI is InChI=1S/C31H34N6O5/c1-2-5-27-26(29(39)36(30-32-19-33-37(27)30)22-12-14-23(15-13-22)41-17-16-38)18-20-8-10-21(11-9-20)24-6-3-4-7-25(24)28-34-31(40)42-35-28/h3-4,6-11,19,22-23,38H,2,5,12-18H2,1H3,(H,34,35,40)/t22-,23-. The maximum atomic E-state index is 14.2. The maximum Gasteiger partial charge on any atom is 0.439 e. The summed E-state index contributed by atoms with van der Waals surface area (Å²) in [5.74, 6) is 0.362. The van der Waals surface area contributed by atoms with Gasteiger partial charge in [-0.3, -0.25) is 18.9 Å². The minimum atomic E-state index is -0.601. The molecular formula is C31H34N6O5. The van der Waals surface area contributed by atoms with Gasteiger partial charge in [-0.1, -0.05) is 67.0 Å². The van der Waals surface area contributed by atoms with Gasteiger partial charge in [-0.05, 0) is 48.8 Å². The van der Waals surface area contributed by atoms with Gasteiger partial charge in [0.15, 0.2) is 5.82 Å². The molecule has 11 heteroatoms. The van der Waals surface area contributed by atoms with E-state index in [0.29, 0.717) is 31.1 Å². The molecule has 0 atom stereocenters. The molecule has 6 rings (SSSR count). The first-order valence-corrected chi connectivity index (χ1v) is 14.5. The number of ether oxygens (including phenoxy) is 1. The Hall–Kier alpha value is -4.35. The minimum absolute atomic E-state index is 0.00875. The molecule has 3 aromatic heterocycles. The van der Waals surface area contributed by atoms with Crippen LogP contribution < -0.4 is 11.3 Å². The minimum Gasteiger partial charge on any atom is -0.394 e. The first-order chi connectivity index (χ1) is 20.6. The number of nitrogens with zero attached hydrogens (tertiary/aromatic N) is 5. The predicted molar refractivity (Wildman–Crippen MR) is 156 cm³/mol. The van der Waals surface area contributed by atoms with Crippen molar-refractivity contribution in [1.29, 1.82) is 0 Å². The summed E-state index contributed by atoms with van der Waals surface area (Å²) < 4.78 is 14.2. The zero-order chi connectivity index (χ0) is 29.1. The number of nitrogens with one attached hydrogen (secondary N) is 1. The molecule has 0 bridgehead atoms. The van der Waals surface area contributed by atoms with Gasteiger partial charge >= 0.3 is 5.76 Å². The second-order valence-electron chi connectivity index (χ2n) is 10.7. The summed E-state index contributed by atoms with van der Waals surface area (Å²) >= 11 is 0. The van der Waals surface area contributed by atoms with E-state index in [2.05, 4.69) is 27.1 Å². The van der Waals surface area contributed by atoms with E-state index in [-0.39, 0.29) is 24.3 Å². The molecule has 2 N–H and O–H groups in total. The lowest BCUT2D eigenvalue weighted by molar-refractivity contribution is 0.00158. The van der Waals surface area contributed by atoms with Crippen molar-refractivity contribution >= 4 is 5.78 Å². The number of hydrogen-bond acceptors (Lipinski definition) is 8. The van der Waals surface area contributed by atoms with Crippen LogP contribution in [0.25, 0.3) is 28.3 Å². The fourth-order valence-electron chi connectivity index (χ4n) is 6.06. The molecule has 1 fully saturated rings. The van der Waals surface area contributed by atoms with Crippen LogP contribution in [-0.2, 0) is 17.6 Å². The summed E-state index contributed by atoms with van der Waals surface area (Å²) in [6, 6.07) is 15.8. The monoisotopic (exact) mass is 570 g/mol. The molecule has 218 valence electrons. The highest BCUT2D eigenvalue weighted by Gasteiger charge is 2.28. The normalized spacial score (nSPS) is 17.2. The van der Waals surface area contributed by atoms with Crippen LogP contribution in [0.15, 0.2) is 69.0 Å². The highest BCUT2D eigenvalue weighted by atomic mass is 16.5. The van der Waals surface area contributed by atoms with Gasteiger partial charge in [-0.2, -0.15) is 10.1 Å². The highest BCUT2D eigenvalue weighted by Crippen LogP contribution is 2.32. The Bertz CT molecular complexity index is 1780. The molecule has 0 saturated heterocycles. The van der Waals surface area contributed by atoms with E-state index in [1.165, 1.54) is 6.33 Å². The second kappa shape index (κ2) is 12.3. The number of benzene rings is 2.